The van der Waals surface area contributed by atoms with Gasteiger partial charge in [0, 0.05) is 36.4 Å². The standard InChI is InChI=1S/C13H15N3O2S/c1-3-16-10-11(9-15-16)8-14-12-4-6-13(7-5-12)19(2,17)18/h3-7,9-10,14H,1,8H2,2H3. The number of nitrogens with one attached hydrogen (secondary N) is 1. The summed E-state index contributed by atoms with van der Waals surface area (Å²) < 4.78 is 24.3. The summed E-state index contributed by atoms with van der Waals surface area (Å²) >= 11 is 0. The van der Waals surface area contributed by atoms with E-state index < -0.39 is 9.84 Å². The van der Waals surface area contributed by atoms with E-state index in [0.717, 1.165) is 11.3 Å². The molecule has 0 aliphatic rings. The van der Waals surface area contributed by atoms with E-state index in [0.29, 0.717) is 11.4 Å². The van der Waals surface area contributed by atoms with Crippen molar-refractivity contribution in [3.63, 3.8) is 0 Å². The molecule has 1 N–H and O–H groups in total. The van der Waals surface area contributed by atoms with Gasteiger partial charge in [-0.05, 0) is 24.3 Å². The fourth-order valence-corrected chi connectivity index (χ4v) is 2.22. The van der Waals surface area contributed by atoms with E-state index in [9.17, 15) is 8.42 Å². The van der Waals surface area contributed by atoms with Gasteiger partial charge in [-0.2, -0.15) is 5.10 Å². The smallest absolute Gasteiger partial charge is 0.175 e. The van der Waals surface area contributed by atoms with Crippen LogP contribution in [0.5, 0.6) is 0 Å². The molecule has 0 atom stereocenters. The third kappa shape index (κ3) is 3.45. The Bertz CT molecular complexity index is 672. The molecule has 100 valence electrons. The lowest BCUT2D eigenvalue weighted by molar-refractivity contribution is 0.602. The highest BCUT2D eigenvalue weighted by molar-refractivity contribution is 7.90. The van der Waals surface area contributed by atoms with E-state index in [2.05, 4.69) is 17.0 Å². The molecule has 1 aromatic carbocycles. The molecule has 0 amide bonds. The fraction of sp³-hybridized carbons (Fsp3) is 0.154. The van der Waals surface area contributed by atoms with Crippen molar-refractivity contribution >= 4 is 21.7 Å². The highest BCUT2D eigenvalue weighted by Gasteiger charge is 2.05. The maximum atomic E-state index is 11.3. The summed E-state index contributed by atoms with van der Waals surface area (Å²) in [4.78, 5) is 0.317. The van der Waals surface area contributed by atoms with Crippen molar-refractivity contribution in [1.82, 2.24) is 9.78 Å². The topological polar surface area (TPSA) is 64.0 Å². The normalized spacial score (nSPS) is 11.2. The molecule has 0 saturated carbocycles. The third-order valence-electron chi connectivity index (χ3n) is 2.62. The van der Waals surface area contributed by atoms with Crippen LogP contribution in [0, 0.1) is 0 Å². The summed E-state index contributed by atoms with van der Waals surface area (Å²) in [6.07, 6.45) is 6.42. The molecule has 0 bridgehead atoms. The average Bonchev–Trinajstić information content (AvgIpc) is 2.84. The van der Waals surface area contributed by atoms with Crippen LogP contribution < -0.4 is 5.32 Å². The van der Waals surface area contributed by atoms with Crippen molar-refractivity contribution in [3.8, 4) is 0 Å². The van der Waals surface area contributed by atoms with Crippen molar-refractivity contribution in [2.45, 2.75) is 11.4 Å². The van der Waals surface area contributed by atoms with E-state index in [1.165, 1.54) is 6.26 Å². The van der Waals surface area contributed by atoms with Crippen LogP contribution in [0.3, 0.4) is 0 Å². The molecule has 2 aromatic rings. The van der Waals surface area contributed by atoms with E-state index in [-0.39, 0.29) is 0 Å². The first-order valence-corrected chi connectivity index (χ1v) is 7.58. The van der Waals surface area contributed by atoms with Gasteiger partial charge in [0.2, 0.25) is 0 Å². The molecular weight excluding hydrogens is 262 g/mol. The van der Waals surface area contributed by atoms with Crippen LogP contribution in [0.2, 0.25) is 0 Å². The van der Waals surface area contributed by atoms with Gasteiger partial charge in [0.25, 0.3) is 0 Å². The number of anilines is 1. The van der Waals surface area contributed by atoms with E-state index in [1.54, 1.807) is 41.3 Å². The third-order valence-corrected chi connectivity index (χ3v) is 3.75. The first-order chi connectivity index (χ1) is 8.99. The van der Waals surface area contributed by atoms with E-state index in [4.69, 9.17) is 0 Å². The van der Waals surface area contributed by atoms with Crippen LogP contribution in [0.4, 0.5) is 5.69 Å². The van der Waals surface area contributed by atoms with Gasteiger partial charge in [-0.15, -0.1) is 0 Å². The monoisotopic (exact) mass is 277 g/mol. The van der Waals surface area contributed by atoms with Gasteiger partial charge in [0.1, 0.15) is 0 Å². The van der Waals surface area contributed by atoms with Crippen molar-refractivity contribution < 1.29 is 8.42 Å². The zero-order valence-electron chi connectivity index (χ0n) is 10.6. The molecule has 0 fully saturated rings. The number of aromatic nitrogens is 2. The van der Waals surface area contributed by atoms with Crippen LogP contribution in [-0.2, 0) is 16.4 Å². The minimum Gasteiger partial charge on any atom is -0.381 e. The molecule has 19 heavy (non-hydrogen) atoms. The molecule has 0 unspecified atom stereocenters. The number of sulfone groups is 1. The number of hydrogen-bond donors (Lipinski definition) is 1. The molecule has 0 radical (unpaired) electrons. The van der Waals surface area contributed by atoms with Gasteiger partial charge in [-0.25, -0.2) is 13.1 Å². The summed E-state index contributed by atoms with van der Waals surface area (Å²) in [7, 11) is -3.14. The number of rotatable bonds is 5. The highest BCUT2D eigenvalue weighted by Crippen LogP contribution is 2.14. The van der Waals surface area contributed by atoms with Crippen LogP contribution in [0.25, 0.3) is 6.20 Å². The Morgan fingerprint density at radius 2 is 2.05 bits per heavy atom. The Kier molecular flexibility index (Phi) is 3.71. The lowest BCUT2D eigenvalue weighted by Gasteiger charge is -2.05. The van der Waals surface area contributed by atoms with Crippen LogP contribution in [0.1, 0.15) is 5.56 Å². The lowest BCUT2D eigenvalue weighted by Crippen LogP contribution is -2.00. The summed E-state index contributed by atoms with van der Waals surface area (Å²) in [5.74, 6) is 0. The predicted octanol–water partition coefficient (Wildman–Crippen LogP) is 2.00. The molecule has 1 aromatic heterocycles. The maximum Gasteiger partial charge on any atom is 0.175 e. The molecule has 1 heterocycles. The SMILES string of the molecule is C=Cn1cc(CNc2ccc(S(C)(=O)=O)cc2)cn1. The highest BCUT2D eigenvalue weighted by atomic mass is 32.2. The Balaban J connectivity index is 2.02. The summed E-state index contributed by atoms with van der Waals surface area (Å²) in [5.41, 5.74) is 1.88. The van der Waals surface area contributed by atoms with Gasteiger partial charge in [-0.3, -0.25) is 0 Å². The average molecular weight is 277 g/mol. The lowest BCUT2D eigenvalue weighted by atomic mass is 10.3. The maximum absolute atomic E-state index is 11.3. The Labute approximate surface area is 112 Å². The van der Waals surface area contributed by atoms with Crippen molar-refractivity contribution in [3.05, 3.63) is 48.8 Å². The zero-order valence-corrected chi connectivity index (χ0v) is 11.4. The number of benzene rings is 1. The molecule has 0 saturated heterocycles. The fourth-order valence-electron chi connectivity index (χ4n) is 1.59. The zero-order chi connectivity index (χ0) is 13.9. The molecule has 6 heteroatoms. The quantitative estimate of drug-likeness (QED) is 0.908. The van der Waals surface area contributed by atoms with Gasteiger partial charge in [0.05, 0.1) is 11.1 Å². The van der Waals surface area contributed by atoms with Gasteiger partial charge in [-0.1, -0.05) is 6.58 Å². The van der Waals surface area contributed by atoms with Crippen LogP contribution in [-0.4, -0.2) is 24.5 Å². The molecule has 0 aliphatic heterocycles. The number of nitrogens with zero attached hydrogens (tertiary/aromatic N) is 2. The molecule has 5 nitrogen and oxygen atoms in total. The first kappa shape index (κ1) is 13.4. The van der Waals surface area contributed by atoms with E-state index >= 15 is 0 Å². The van der Waals surface area contributed by atoms with Crippen LogP contribution >= 0.6 is 0 Å². The van der Waals surface area contributed by atoms with E-state index in [1.807, 2.05) is 6.20 Å². The molecule has 0 aliphatic carbocycles. The largest absolute Gasteiger partial charge is 0.381 e. The Hall–Kier alpha value is -2.08. The van der Waals surface area contributed by atoms with Crippen LogP contribution in [0.15, 0.2) is 48.1 Å². The number of hydrogen-bond acceptors (Lipinski definition) is 4. The summed E-state index contributed by atoms with van der Waals surface area (Å²) in [5, 5.41) is 7.27. The summed E-state index contributed by atoms with van der Waals surface area (Å²) in [6, 6.07) is 6.66. The van der Waals surface area contributed by atoms with Crippen molar-refractivity contribution in [2.24, 2.45) is 0 Å². The minimum absolute atomic E-state index is 0.317. The van der Waals surface area contributed by atoms with Gasteiger partial charge < -0.3 is 5.32 Å². The molecular formula is C13H15N3O2S. The molecule has 2 rings (SSSR count). The second-order valence-corrected chi connectivity index (χ2v) is 6.18. The van der Waals surface area contributed by atoms with Gasteiger partial charge >= 0.3 is 0 Å². The molecule has 0 spiro atoms. The minimum atomic E-state index is -3.14. The van der Waals surface area contributed by atoms with Crippen molar-refractivity contribution in [1.29, 1.82) is 0 Å². The second kappa shape index (κ2) is 5.27. The Morgan fingerprint density at radius 1 is 1.37 bits per heavy atom. The summed E-state index contributed by atoms with van der Waals surface area (Å²) in [6.45, 7) is 4.24. The van der Waals surface area contributed by atoms with Gasteiger partial charge in [0.15, 0.2) is 9.84 Å². The predicted molar refractivity (Wildman–Crippen MR) is 75.5 cm³/mol. The Morgan fingerprint density at radius 3 is 2.58 bits per heavy atom. The first-order valence-electron chi connectivity index (χ1n) is 5.68. The second-order valence-electron chi connectivity index (χ2n) is 4.16. The van der Waals surface area contributed by atoms with Crippen molar-refractivity contribution in [2.75, 3.05) is 11.6 Å².